The first kappa shape index (κ1) is 10.9. The molecular formula is C6H16N2O2S. The fourth-order valence-corrected chi connectivity index (χ4v) is 1.69. The van der Waals surface area contributed by atoms with E-state index >= 15 is 0 Å². The summed E-state index contributed by atoms with van der Waals surface area (Å²) < 4.78 is 24.7. The second-order valence-electron chi connectivity index (χ2n) is 2.45. The van der Waals surface area contributed by atoms with Gasteiger partial charge in [-0.25, -0.2) is 13.1 Å². The number of sulfonamides is 1. The van der Waals surface area contributed by atoms with E-state index in [2.05, 4.69) is 4.72 Å². The smallest absolute Gasteiger partial charge is 0.214 e. The Morgan fingerprint density at radius 3 is 2.45 bits per heavy atom. The van der Waals surface area contributed by atoms with Crippen LogP contribution in [0.25, 0.3) is 0 Å². The predicted octanol–water partition coefficient (Wildman–Crippen LogP) is -0.337. The van der Waals surface area contributed by atoms with E-state index in [1.165, 1.54) is 0 Å². The van der Waals surface area contributed by atoms with Gasteiger partial charge in [-0.15, -0.1) is 0 Å². The molecular weight excluding hydrogens is 164 g/mol. The predicted molar refractivity (Wildman–Crippen MR) is 45.7 cm³/mol. The van der Waals surface area contributed by atoms with Crippen LogP contribution in [0.1, 0.15) is 20.3 Å². The van der Waals surface area contributed by atoms with Crippen molar-refractivity contribution in [3.63, 3.8) is 0 Å². The first-order chi connectivity index (χ1) is 5.04. The topological polar surface area (TPSA) is 72.2 Å². The van der Waals surface area contributed by atoms with Gasteiger partial charge in [-0.05, 0) is 13.3 Å². The van der Waals surface area contributed by atoms with Gasteiger partial charge in [0.2, 0.25) is 10.0 Å². The summed E-state index contributed by atoms with van der Waals surface area (Å²) in [5, 5.41) is -0.325. The lowest BCUT2D eigenvalue weighted by molar-refractivity contribution is 0.566. The second-order valence-corrected chi connectivity index (χ2v) is 4.63. The Morgan fingerprint density at radius 2 is 2.09 bits per heavy atom. The van der Waals surface area contributed by atoms with Gasteiger partial charge in [0.15, 0.2) is 0 Å². The van der Waals surface area contributed by atoms with Crippen molar-refractivity contribution >= 4 is 10.0 Å². The monoisotopic (exact) mass is 180 g/mol. The highest BCUT2D eigenvalue weighted by atomic mass is 32.2. The molecule has 0 bridgehead atoms. The van der Waals surface area contributed by atoms with E-state index in [1.54, 1.807) is 6.92 Å². The molecule has 0 heterocycles. The quantitative estimate of drug-likeness (QED) is 0.608. The standard InChI is InChI=1S/C6H16N2O2S/c1-3-6(2)11(9,10)8-5-4-7/h6,8H,3-5,7H2,1-2H3. The van der Waals surface area contributed by atoms with Crippen LogP contribution in [-0.4, -0.2) is 26.8 Å². The Labute approximate surface area is 68.2 Å². The van der Waals surface area contributed by atoms with Crippen LogP contribution in [0.5, 0.6) is 0 Å². The molecule has 0 spiro atoms. The number of hydrogen-bond acceptors (Lipinski definition) is 3. The maximum Gasteiger partial charge on any atom is 0.214 e. The summed E-state index contributed by atoms with van der Waals surface area (Å²) >= 11 is 0. The molecule has 4 nitrogen and oxygen atoms in total. The Kier molecular flexibility index (Phi) is 4.63. The van der Waals surface area contributed by atoms with E-state index in [0.29, 0.717) is 19.5 Å². The van der Waals surface area contributed by atoms with E-state index in [-0.39, 0.29) is 5.25 Å². The molecule has 3 N–H and O–H groups in total. The molecule has 68 valence electrons. The molecule has 0 saturated carbocycles. The fraction of sp³-hybridized carbons (Fsp3) is 1.00. The largest absolute Gasteiger partial charge is 0.329 e. The van der Waals surface area contributed by atoms with Gasteiger partial charge in [-0.1, -0.05) is 6.92 Å². The number of nitrogens with one attached hydrogen (secondary N) is 1. The van der Waals surface area contributed by atoms with Gasteiger partial charge >= 0.3 is 0 Å². The van der Waals surface area contributed by atoms with Crippen LogP contribution in [0.2, 0.25) is 0 Å². The zero-order chi connectivity index (χ0) is 8.91. The third-order valence-corrected chi connectivity index (χ3v) is 3.55. The summed E-state index contributed by atoms with van der Waals surface area (Å²) in [5.74, 6) is 0. The summed E-state index contributed by atoms with van der Waals surface area (Å²) in [5.41, 5.74) is 5.15. The molecule has 1 atom stereocenters. The van der Waals surface area contributed by atoms with Crippen LogP contribution in [-0.2, 0) is 10.0 Å². The molecule has 0 aliphatic heterocycles. The lowest BCUT2D eigenvalue weighted by Gasteiger charge is -2.10. The maximum absolute atomic E-state index is 11.2. The molecule has 0 rings (SSSR count). The first-order valence-corrected chi connectivity index (χ1v) is 5.27. The van der Waals surface area contributed by atoms with Crippen molar-refractivity contribution in [3.8, 4) is 0 Å². The van der Waals surface area contributed by atoms with Gasteiger partial charge in [0.25, 0.3) is 0 Å². The van der Waals surface area contributed by atoms with Crippen LogP contribution in [0.3, 0.4) is 0 Å². The molecule has 0 aromatic carbocycles. The lowest BCUT2D eigenvalue weighted by Crippen LogP contribution is -2.35. The molecule has 0 aliphatic rings. The van der Waals surface area contributed by atoms with Crippen molar-refractivity contribution in [2.24, 2.45) is 5.73 Å². The fourth-order valence-electron chi connectivity index (χ4n) is 0.563. The van der Waals surface area contributed by atoms with Crippen molar-refractivity contribution in [1.29, 1.82) is 0 Å². The highest BCUT2D eigenvalue weighted by Gasteiger charge is 2.16. The summed E-state index contributed by atoms with van der Waals surface area (Å²) in [6.07, 6.45) is 0.625. The molecule has 0 radical (unpaired) electrons. The molecule has 0 aromatic rings. The minimum absolute atomic E-state index is 0.325. The third kappa shape index (κ3) is 3.69. The van der Waals surface area contributed by atoms with Gasteiger partial charge in [-0.3, -0.25) is 0 Å². The normalized spacial score (nSPS) is 14.8. The highest BCUT2D eigenvalue weighted by molar-refractivity contribution is 7.90. The molecule has 0 aliphatic carbocycles. The first-order valence-electron chi connectivity index (χ1n) is 3.73. The average molecular weight is 180 g/mol. The van der Waals surface area contributed by atoms with Crippen LogP contribution in [0.15, 0.2) is 0 Å². The van der Waals surface area contributed by atoms with Gasteiger partial charge in [0.05, 0.1) is 5.25 Å². The molecule has 1 unspecified atom stereocenters. The SMILES string of the molecule is CCC(C)S(=O)(=O)NCCN. The Bertz CT molecular complexity index is 189. The number of rotatable bonds is 5. The second kappa shape index (κ2) is 4.69. The van der Waals surface area contributed by atoms with Crippen molar-refractivity contribution in [2.75, 3.05) is 13.1 Å². The van der Waals surface area contributed by atoms with E-state index in [1.807, 2.05) is 6.92 Å². The molecule has 5 heteroatoms. The average Bonchev–Trinajstić information content (AvgIpc) is 1.99. The van der Waals surface area contributed by atoms with Gasteiger partial charge in [-0.2, -0.15) is 0 Å². The molecule has 0 amide bonds. The zero-order valence-electron chi connectivity index (χ0n) is 7.00. The summed E-state index contributed by atoms with van der Waals surface area (Å²) in [6.45, 7) is 4.19. The van der Waals surface area contributed by atoms with Crippen molar-refractivity contribution in [3.05, 3.63) is 0 Å². The van der Waals surface area contributed by atoms with Crippen molar-refractivity contribution in [2.45, 2.75) is 25.5 Å². The van der Waals surface area contributed by atoms with Gasteiger partial charge < -0.3 is 5.73 Å². The number of hydrogen-bond donors (Lipinski definition) is 2. The van der Waals surface area contributed by atoms with Gasteiger partial charge in [0.1, 0.15) is 0 Å². The molecule has 0 saturated heterocycles. The van der Waals surface area contributed by atoms with Crippen LogP contribution in [0.4, 0.5) is 0 Å². The van der Waals surface area contributed by atoms with Crippen LogP contribution >= 0.6 is 0 Å². The highest BCUT2D eigenvalue weighted by Crippen LogP contribution is 2.01. The Hall–Kier alpha value is -0.130. The zero-order valence-corrected chi connectivity index (χ0v) is 7.82. The molecule has 0 fully saturated rings. The van der Waals surface area contributed by atoms with E-state index in [0.717, 1.165) is 0 Å². The van der Waals surface area contributed by atoms with Crippen molar-refractivity contribution < 1.29 is 8.42 Å². The third-order valence-electron chi connectivity index (χ3n) is 1.55. The molecule has 0 aromatic heterocycles. The molecule has 11 heavy (non-hydrogen) atoms. The van der Waals surface area contributed by atoms with E-state index < -0.39 is 10.0 Å². The van der Waals surface area contributed by atoms with Gasteiger partial charge in [0, 0.05) is 13.1 Å². The van der Waals surface area contributed by atoms with E-state index in [9.17, 15) is 8.42 Å². The van der Waals surface area contributed by atoms with E-state index in [4.69, 9.17) is 5.73 Å². The summed E-state index contributed by atoms with van der Waals surface area (Å²) in [6, 6.07) is 0. The Balaban J connectivity index is 4.01. The van der Waals surface area contributed by atoms with Crippen LogP contribution in [0, 0.1) is 0 Å². The van der Waals surface area contributed by atoms with Crippen molar-refractivity contribution in [1.82, 2.24) is 4.72 Å². The minimum Gasteiger partial charge on any atom is -0.329 e. The maximum atomic E-state index is 11.2. The summed E-state index contributed by atoms with van der Waals surface area (Å²) in [7, 11) is -3.10. The Morgan fingerprint density at radius 1 is 1.55 bits per heavy atom. The summed E-state index contributed by atoms with van der Waals surface area (Å²) in [4.78, 5) is 0. The number of nitrogens with two attached hydrogens (primary N) is 1. The van der Waals surface area contributed by atoms with Crippen LogP contribution < -0.4 is 10.5 Å². The minimum atomic E-state index is -3.10. The lowest BCUT2D eigenvalue weighted by atomic mass is 10.4.